The molecule has 0 heterocycles. The number of nitriles is 2. The van der Waals surface area contributed by atoms with Crippen LogP contribution in [0, 0.1) is 45.3 Å². The molecule has 1 aliphatic carbocycles. The van der Waals surface area contributed by atoms with Crippen molar-refractivity contribution in [3.05, 3.63) is 0 Å². The van der Waals surface area contributed by atoms with Gasteiger partial charge in [0.25, 0.3) is 0 Å². The topological polar surface area (TPSA) is 117 Å². The second-order valence-electron chi connectivity index (χ2n) is 6.40. The van der Waals surface area contributed by atoms with Gasteiger partial charge >= 0.3 is 11.9 Å². The van der Waals surface area contributed by atoms with Gasteiger partial charge in [-0.25, -0.2) is 0 Å². The summed E-state index contributed by atoms with van der Waals surface area (Å²) in [7, 11) is 0. The lowest BCUT2D eigenvalue weighted by atomic mass is 9.50. The first-order valence-corrected chi connectivity index (χ1v) is 8.43. The maximum atomic E-state index is 12.9. The van der Waals surface area contributed by atoms with E-state index in [1.54, 1.807) is 20.8 Å². The van der Waals surface area contributed by atoms with Crippen molar-refractivity contribution in [3.63, 3.8) is 0 Å². The fraction of sp³-hybridized carbons (Fsp3) is 0.722. The zero-order chi connectivity index (χ0) is 19.3. The molecule has 0 aliphatic heterocycles. The molecule has 0 aromatic carbocycles. The van der Waals surface area contributed by atoms with Gasteiger partial charge in [-0.15, -0.1) is 0 Å². The number of carbonyl (C=O) groups is 3. The van der Waals surface area contributed by atoms with Crippen molar-refractivity contribution in [3.8, 4) is 12.1 Å². The molecule has 1 fully saturated rings. The van der Waals surface area contributed by atoms with Crippen LogP contribution >= 0.6 is 0 Å². The summed E-state index contributed by atoms with van der Waals surface area (Å²) >= 11 is 0. The summed E-state index contributed by atoms with van der Waals surface area (Å²) in [5, 5.41) is 19.4. The molecule has 1 rings (SSSR count). The number of ketones is 1. The van der Waals surface area contributed by atoms with E-state index in [0.29, 0.717) is 6.42 Å². The average Bonchev–Trinajstić information content (AvgIpc) is 2.56. The summed E-state index contributed by atoms with van der Waals surface area (Å²) < 4.78 is 10.3. The van der Waals surface area contributed by atoms with E-state index >= 15 is 0 Å². The zero-order valence-corrected chi connectivity index (χ0v) is 15.1. The molecule has 1 saturated carbocycles. The van der Waals surface area contributed by atoms with Crippen LogP contribution in [0.5, 0.6) is 0 Å². The summed E-state index contributed by atoms with van der Waals surface area (Å²) in [4.78, 5) is 37.7. The number of hydrogen-bond acceptors (Lipinski definition) is 7. The van der Waals surface area contributed by atoms with Crippen LogP contribution in [0.25, 0.3) is 0 Å². The first-order chi connectivity index (χ1) is 11.8. The Hall–Kier alpha value is -2.41. The molecule has 136 valence electrons. The highest BCUT2D eigenvalue weighted by molar-refractivity contribution is 6.02. The van der Waals surface area contributed by atoms with E-state index in [9.17, 15) is 24.9 Å². The molecule has 0 unspecified atom stereocenters. The molecule has 2 atom stereocenters. The Kier molecular flexibility index (Phi) is 6.70. The van der Waals surface area contributed by atoms with Gasteiger partial charge in [0.15, 0.2) is 5.41 Å². The Morgan fingerprint density at radius 3 is 1.92 bits per heavy atom. The summed E-state index contributed by atoms with van der Waals surface area (Å²) in [6.45, 7) is 6.27. The van der Waals surface area contributed by atoms with Crippen LogP contribution in [0.2, 0.25) is 0 Å². The van der Waals surface area contributed by atoms with E-state index in [2.05, 4.69) is 0 Å². The van der Waals surface area contributed by atoms with E-state index in [-0.39, 0.29) is 31.8 Å². The maximum absolute atomic E-state index is 12.9. The van der Waals surface area contributed by atoms with Gasteiger partial charge in [-0.2, -0.15) is 10.5 Å². The highest BCUT2D eigenvalue weighted by atomic mass is 16.6. The van der Waals surface area contributed by atoms with E-state index in [4.69, 9.17) is 9.47 Å². The smallest absolute Gasteiger partial charge is 0.324 e. The molecular formula is C18H24N2O5. The van der Waals surface area contributed by atoms with E-state index < -0.39 is 34.6 Å². The maximum Gasteiger partial charge on any atom is 0.324 e. The van der Waals surface area contributed by atoms with E-state index in [1.165, 1.54) is 6.92 Å². The monoisotopic (exact) mass is 348 g/mol. The summed E-state index contributed by atoms with van der Waals surface area (Å²) in [5.74, 6) is -3.62. The van der Waals surface area contributed by atoms with Gasteiger partial charge in [0, 0.05) is 12.3 Å². The van der Waals surface area contributed by atoms with Crippen LogP contribution in [0.4, 0.5) is 0 Å². The van der Waals surface area contributed by atoms with Crippen molar-refractivity contribution in [2.75, 3.05) is 13.2 Å². The average molecular weight is 348 g/mol. The van der Waals surface area contributed by atoms with E-state index in [1.807, 2.05) is 12.1 Å². The van der Waals surface area contributed by atoms with Crippen molar-refractivity contribution in [2.45, 2.75) is 47.0 Å². The molecule has 0 aromatic rings. The predicted octanol–water partition coefficient (Wildman–Crippen LogP) is 2.16. The lowest BCUT2D eigenvalue weighted by Crippen LogP contribution is -2.60. The summed E-state index contributed by atoms with van der Waals surface area (Å²) in [5.41, 5.74) is -3.47. The Balaban J connectivity index is 3.72. The van der Waals surface area contributed by atoms with Gasteiger partial charge in [0.05, 0.1) is 25.4 Å². The molecule has 7 nitrogen and oxygen atoms in total. The highest BCUT2D eigenvalue weighted by Crippen LogP contribution is 2.56. The minimum atomic E-state index is -1.85. The Morgan fingerprint density at radius 1 is 1.08 bits per heavy atom. The predicted molar refractivity (Wildman–Crippen MR) is 86.5 cm³/mol. The molecule has 7 heteroatoms. The SMILES string of the molecule is CCOC(=O)C1(C(=O)OCC)[C@@H](C)CCC(C#N)(C#N)[C@@H]1CC(C)=O. The highest BCUT2D eigenvalue weighted by Gasteiger charge is 2.67. The Morgan fingerprint density at radius 2 is 1.56 bits per heavy atom. The standard InChI is InChI=1S/C18H24N2O5/c1-5-24-15(22)18(16(23)25-6-2)12(3)7-8-17(10-19,11-20)14(18)9-13(4)21/h12,14H,5-9H2,1-4H3/t12-,14-/m0/s1. The third-order valence-electron chi connectivity index (χ3n) is 5.01. The summed E-state index contributed by atoms with van der Waals surface area (Å²) in [6.07, 6.45) is 0.232. The molecular weight excluding hydrogens is 324 g/mol. The second kappa shape index (κ2) is 8.11. The largest absolute Gasteiger partial charge is 0.465 e. The van der Waals surface area contributed by atoms with Crippen LogP contribution < -0.4 is 0 Å². The van der Waals surface area contributed by atoms with Crippen molar-refractivity contribution in [2.24, 2.45) is 22.7 Å². The first-order valence-electron chi connectivity index (χ1n) is 8.43. The van der Waals surface area contributed by atoms with Crippen molar-refractivity contribution in [1.82, 2.24) is 0 Å². The van der Waals surface area contributed by atoms with E-state index in [0.717, 1.165) is 0 Å². The molecule has 0 saturated heterocycles. The number of ether oxygens (including phenoxy) is 2. The molecule has 25 heavy (non-hydrogen) atoms. The van der Waals surface area contributed by atoms with Gasteiger partial charge in [-0.05, 0) is 39.5 Å². The third-order valence-corrected chi connectivity index (χ3v) is 5.01. The molecule has 0 aromatic heterocycles. The molecule has 1 aliphatic rings. The lowest BCUT2D eigenvalue weighted by Gasteiger charge is -2.48. The van der Waals surface area contributed by atoms with Crippen LogP contribution in [-0.4, -0.2) is 30.9 Å². The van der Waals surface area contributed by atoms with Crippen molar-refractivity contribution >= 4 is 17.7 Å². The number of esters is 2. The fourth-order valence-corrected chi connectivity index (χ4v) is 3.76. The van der Waals surface area contributed by atoms with Crippen LogP contribution in [-0.2, 0) is 23.9 Å². The van der Waals surface area contributed by atoms with Crippen molar-refractivity contribution in [1.29, 1.82) is 10.5 Å². The van der Waals surface area contributed by atoms with Crippen LogP contribution in [0.3, 0.4) is 0 Å². The first kappa shape index (κ1) is 20.6. The Labute approximate surface area is 147 Å². The number of carbonyl (C=O) groups excluding carboxylic acids is 3. The normalized spacial score (nSPS) is 23.6. The van der Waals surface area contributed by atoms with Crippen LogP contribution in [0.15, 0.2) is 0 Å². The van der Waals surface area contributed by atoms with Gasteiger partial charge in [-0.1, -0.05) is 6.92 Å². The molecule has 0 radical (unpaired) electrons. The minimum Gasteiger partial charge on any atom is -0.465 e. The summed E-state index contributed by atoms with van der Waals surface area (Å²) in [6, 6.07) is 3.93. The van der Waals surface area contributed by atoms with Crippen LogP contribution in [0.1, 0.15) is 47.0 Å². The molecule has 0 spiro atoms. The zero-order valence-electron chi connectivity index (χ0n) is 15.1. The lowest BCUT2D eigenvalue weighted by molar-refractivity contribution is -0.190. The number of Topliss-reactive ketones (excluding diaryl/α,β-unsaturated/α-hetero) is 1. The molecule has 0 amide bonds. The van der Waals surface area contributed by atoms with Crippen molar-refractivity contribution < 1.29 is 23.9 Å². The number of rotatable bonds is 6. The van der Waals surface area contributed by atoms with Gasteiger partial charge in [0.2, 0.25) is 0 Å². The fourth-order valence-electron chi connectivity index (χ4n) is 3.76. The molecule has 0 N–H and O–H groups in total. The number of nitrogens with zero attached hydrogens (tertiary/aromatic N) is 2. The van der Waals surface area contributed by atoms with Gasteiger partial charge in [0.1, 0.15) is 11.2 Å². The minimum absolute atomic E-state index is 0.0333. The quantitative estimate of drug-likeness (QED) is 0.533. The van der Waals surface area contributed by atoms with Gasteiger partial charge < -0.3 is 14.3 Å². The number of hydrogen-bond donors (Lipinski definition) is 0. The molecule has 0 bridgehead atoms. The van der Waals surface area contributed by atoms with Gasteiger partial charge in [-0.3, -0.25) is 9.59 Å². The third kappa shape index (κ3) is 3.37. The Bertz CT molecular complexity index is 596. The second-order valence-corrected chi connectivity index (χ2v) is 6.40.